The molecule has 23 heavy (non-hydrogen) atoms. The van der Waals surface area contributed by atoms with Crippen molar-refractivity contribution in [2.75, 3.05) is 11.9 Å². The maximum absolute atomic E-state index is 12.5. The molecule has 0 saturated heterocycles. The van der Waals surface area contributed by atoms with Gasteiger partial charge in [-0.3, -0.25) is 4.79 Å². The lowest BCUT2D eigenvalue weighted by Gasteiger charge is -2.08. The lowest BCUT2D eigenvalue weighted by atomic mass is 10.1. The number of rotatable bonds is 5. The molecule has 6 nitrogen and oxygen atoms in total. The number of thiophene rings is 1. The Morgan fingerprint density at radius 2 is 2.13 bits per heavy atom. The van der Waals surface area contributed by atoms with Crippen LogP contribution < -0.4 is 5.32 Å². The molecular weight excluding hydrogens is 316 g/mol. The van der Waals surface area contributed by atoms with Crippen LogP contribution in [0.1, 0.15) is 63.4 Å². The van der Waals surface area contributed by atoms with Crippen LogP contribution in [0, 0.1) is 13.8 Å². The predicted molar refractivity (Wildman–Crippen MR) is 86.2 cm³/mol. The van der Waals surface area contributed by atoms with Crippen LogP contribution in [0.25, 0.3) is 0 Å². The minimum absolute atomic E-state index is 0.302. The molecule has 0 radical (unpaired) electrons. The number of ether oxygens (including phenoxy) is 1. The summed E-state index contributed by atoms with van der Waals surface area (Å²) in [6.45, 7) is 5.46. The molecule has 1 aliphatic carbocycles. The van der Waals surface area contributed by atoms with Crippen molar-refractivity contribution in [2.24, 2.45) is 0 Å². The first-order chi connectivity index (χ1) is 11.0. The Kier molecular flexibility index (Phi) is 4.21. The van der Waals surface area contributed by atoms with Crippen LogP contribution in [0.5, 0.6) is 0 Å². The Hall–Kier alpha value is -2.15. The van der Waals surface area contributed by atoms with Crippen LogP contribution >= 0.6 is 11.3 Å². The Morgan fingerprint density at radius 3 is 2.70 bits per heavy atom. The molecule has 3 rings (SSSR count). The number of esters is 1. The topological polar surface area (TPSA) is 81.4 Å². The average Bonchev–Trinajstić information content (AvgIpc) is 3.18. The molecule has 2 aromatic rings. The number of aromatic nitrogens is 1. The quantitative estimate of drug-likeness (QED) is 0.844. The van der Waals surface area contributed by atoms with Gasteiger partial charge in [0.15, 0.2) is 0 Å². The molecule has 0 aromatic carbocycles. The molecule has 0 atom stereocenters. The molecule has 7 heteroatoms. The number of anilines is 1. The van der Waals surface area contributed by atoms with Gasteiger partial charge in [0.1, 0.15) is 16.3 Å². The highest BCUT2D eigenvalue weighted by atomic mass is 32.1. The highest BCUT2D eigenvalue weighted by Gasteiger charge is 2.32. The predicted octanol–water partition coefficient (Wildman–Crippen LogP) is 3.66. The van der Waals surface area contributed by atoms with E-state index in [1.54, 1.807) is 20.8 Å². The molecule has 1 aliphatic rings. The monoisotopic (exact) mass is 334 g/mol. The molecule has 0 bridgehead atoms. The van der Waals surface area contributed by atoms with Gasteiger partial charge >= 0.3 is 5.97 Å². The highest BCUT2D eigenvalue weighted by Crippen LogP contribution is 2.46. The van der Waals surface area contributed by atoms with Gasteiger partial charge in [-0.2, -0.15) is 0 Å². The summed E-state index contributed by atoms with van der Waals surface area (Å²) in [5.41, 5.74) is 2.39. The zero-order valence-corrected chi connectivity index (χ0v) is 14.1. The van der Waals surface area contributed by atoms with Gasteiger partial charge in [-0.15, -0.1) is 11.3 Å². The van der Waals surface area contributed by atoms with Crippen molar-refractivity contribution in [3.05, 3.63) is 33.5 Å². The highest BCUT2D eigenvalue weighted by molar-refractivity contribution is 7.15. The van der Waals surface area contributed by atoms with E-state index in [1.807, 2.05) is 5.38 Å². The first-order valence-corrected chi connectivity index (χ1v) is 8.43. The lowest BCUT2D eigenvalue weighted by molar-refractivity contribution is 0.0527. The van der Waals surface area contributed by atoms with Crippen molar-refractivity contribution in [1.82, 2.24) is 5.16 Å². The zero-order chi connectivity index (χ0) is 16.6. The molecule has 1 saturated carbocycles. The molecule has 1 N–H and O–H groups in total. The van der Waals surface area contributed by atoms with Crippen LogP contribution in [0.2, 0.25) is 0 Å². The van der Waals surface area contributed by atoms with Crippen molar-refractivity contribution in [3.8, 4) is 0 Å². The summed E-state index contributed by atoms with van der Waals surface area (Å²) in [5.74, 6) is 0.146. The van der Waals surface area contributed by atoms with Gasteiger partial charge in [0, 0.05) is 0 Å². The second-order valence-corrected chi connectivity index (χ2v) is 6.42. The number of nitrogens with one attached hydrogen (secondary N) is 1. The van der Waals surface area contributed by atoms with Gasteiger partial charge in [-0.05, 0) is 50.5 Å². The summed E-state index contributed by atoms with van der Waals surface area (Å²) in [5, 5.41) is 9.06. The SMILES string of the molecule is CCOC(=O)c1c(C2CC2)csc1NC(=O)c1c(C)noc1C. The van der Waals surface area contributed by atoms with Gasteiger partial charge in [0.2, 0.25) is 0 Å². The molecule has 122 valence electrons. The number of amides is 1. The summed E-state index contributed by atoms with van der Waals surface area (Å²) < 4.78 is 10.2. The van der Waals surface area contributed by atoms with Crippen molar-refractivity contribution >= 4 is 28.2 Å². The second kappa shape index (κ2) is 6.16. The fraction of sp³-hybridized carbons (Fsp3) is 0.438. The van der Waals surface area contributed by atoms with Crippen LogP contribution in [0.3, 0.4) is 0 Å². The van der Waals surface area contributed by atoms with E-state index in [2.05, 4.69) is 10.5 Å². The molecule has 1 amide bonds. The van der Waals surface area contributed by atoms with Gasteiger partial charge in [-0.25, -0.2) is 4.79 Å². The maximum Gasteiger partial charge on any atom is 0.341 e. The molecular formula is C16H18N2O4S. The number of carbonyl (C=O) groups is 2. The van der Waals surface area contributed by atoms with Crippen molar-refractivity contribution < 1.29 is 18.8 Å². The number of nitrogens with zero attached hydrogens (tertiary/aromatic N) is 1. The number of carbonyl (C=O) groups excluding carboxylic acids is 2. The maximum atomic E-state index is 12.5. The van der Waals surface area contributed by atoms with Crippen LogP contribution in [0.4, 0.5) is 5.00 Å². The summed E-state index contributed by atoms with van der Waals surface area (Å²) >= 11 is 1.35. The average molecular weight is 334 g/mol. The van der Waals surface area contributed by atoms with E-state index in [4.69, 9.17) is 9.26 Å². The molecule has 0 aliphatic heterocycles. The van der Waals surface area contributed by atoms with E-state index in [9.17, 15) is 9.59 Å². The molecule has 2 aromatic heterocycles. The zero-order valence-electron chi connectivity index (χ0n) is 13.3. The van der Waals surface area contributed by atoms with E-state index in [0.717, 1.165) is 18.4 Å². The largest absolute Gasteiger partial charge is 0.462 e. The third kappa shape index (κ3) is 3.01. The van der Waals surface area contributed by atoms with Crippen LogP contribution in [-0.4, -0.2) is 23.6 Å². The van der Waals surface area contributed by atoms with Crippen molar-refractivity contribution in [2.45, 2.75) is 39.5 Å². The van der Waals surface area contributed by atoms with E-state index in [-0.39, 0.29) is 11.9 Å². The van der Waals surface area contributed by atoms with Crippen molar-refractivity contribution in [1.29, 1.82) is 0 Å². The summed E-state index contributed by atoms with van der Waals surface area (Å²) in [4.78, 5) is 24.8. The van der Waals surface area contributed by atoms with Gasteiger partial charge < -0.3 is 14.6 Å². The first kappa shape index (κ1) is 15.7. The third-order valence-corrected chi connectivity index (χ3v) is 4.72. The lowest BCUT2D eigenvalue weighted by Crippen LogP contribution is -2.16. The molecule has 0 unspecified atom stereocenters. The molecule has 0 spiro atoms. The normalized spacial score (nSPS) is 13.9. The fourth-order valence-corrected chi connectivity index (χ4v) is 3.57. The van der Waals surface area contributed by atoms with Gasteiger partial charge in [0.25, 0.3) is 5.91 Å². The number of hydrogen-bond donors (Lipinski definition) is 1. The molecule has 2 heterocycles. The summed E-state index contributed by atoms with van der Waals surface area (Å²) in [7, 11) is 0. The van der Waals surface area contributed by atoms with E-state index < -0.39 is 0 Å². The van der Waals surface area contributed by atoms with Gasteiger partial charge in [0.05, 0.1) is 17.9 Å². The van der Waals surface area contributed by atoms with Crippen LogP contribution in [0.15, 0.2) is 9.90 Å². The summed E-state index contributed by atoms with van der Waals surface area (Å²) in [6, 6.07) is 0. The second-order valence-electron chi connectivity index (χ2n) is 5.54. The van der Waals surface area contributed by atoms with E-state index in [0.29, 0.717) is 40.1 Å². The first-order valence-electron chi connectivity index (χ1n) is 7.55. The Morgan fingerprint density at radius 1 is 1.39 bits per heavy atom. The number of aryl methyl sites for hydroxylation is 2. The Balaban J connectivity index is 1.91. The number of hydrogen-bond acceptors (Lipinski definition) is 6. The van der Waals surface area contributed by atoms with Crippen LogP contribution in [-0.2, 0) is 4.74 Å². The fourth-order valence-electron chi connectivity index (χ4n) is 2.54. The smallest absolute Gasteiger partial charge is 0.341 e. The minimum Gasteiger partial charge on any atom is -0.462 e. The van der Waals surface area contributed by atoms with Crippen molar-refractivity contribution in [3.63, 3.8) is 0 Å². The Labute approximate surface area is 137 Å². The molecule has 1 fully saturated rings. The Bertz CT molecular complexity index is 739. The van der Waals surface area contributed by atoms with Gasteiger partial charge in [-0.1, -0.05) is 5.16 Å². The standard InChI is InChI=1S/C16H18N2O4S/c1-4-21-16(20)13-11(10-5-6-10)7-23-15(13)17-14(19)12-8(2)18-22-9(12)3/h7,10H,4-6H2,1-3H3,(H,17,19). The van der Waals surface area contributed by atoms with E-state index >= 15 is 0 Å². The summed E-state index contributed by atoms with van der Waals surface area (Å²) in [6.07, 6.45) is 2.14. The minimum atomic E-state index is -0.385. The van der Waals surface area contributed by atoms with E-state index in [1.165, 1.54) is 11.3 Å². The third-order valence-electron chi connectivity index (χ3n) is 3.80.